The van der Waals surface area contributed by atoms with Crippen molar-refractivity contribution in [2.75, 3.05) is 46.4 Å². The highest BCUT2D eigenvalue weighted by molar-refractivity contribution is 7.89. The van der Waals surface area contributed by atoms with Gasteiger partial charge >= 0.3 is 0 Å². The van der Waals surface area contributed by atoms with Crippen LogP contribution < -0.4 is 10.1 Å². The fourth-order valence-corrected chi connectivity index (χ4v) is 4.31. The normalized spacial score (nSPS) is 15.3. The summed E-state index contributed by atoms with van der Waals surface area (Å²) < 4.78 is 32.5. The summed E-state index contributed by atoms with van der Waals surface area (Å²) in [7, 11) is -2.19. The van der Waals surface area contributed by atoms with E-state index in [1.165, 1.54) is 23.5 Å². The van der Waals surface area contributed by atoms with E-state index in [2.05, 4.69) is 12.2 Å². The first-order chi connectivity index (χ1) is 12.5. The minimum absolute atomic E-state index is 0.113. The summed E-state index contributed by atoms with van der Waals surface area (Å²) in [6, 6.07) is 6.29. The SMILES string of the molecule is CCCCCN(CC(=O)N1CCNCC1)S(=O)(=O)c1ccc(OC)cc1. The van der Waals surface area contributed by atoms with Crippen LogP contribution in [0, 0.1) is 0 Å². The molecule has 0 bridgehead atoms. The molecule has 7 nitrogen and oxygen atoms in total. The van der Waals surface area contributed by atoms with Gasteiger partial charge in [0, 0.05) is 32.7 Å². The van der Waals surface area contributed by atoms with E-state index >= 15 is 0 Å². The average Bonchev–Trinajstić information content (AvgIpc) is 2.68. The number of sulfonamides is 1. The van der Waals surface area contributed by atoms with Gasteiger partial charge in [0.25, 0.3) is 0 Å². The maximum Gasteiger partial charge on any atom is 0.243 e. The Balaban J connectivity index is 2.16. The van der Waals surface area contributed by atoms with Crippen LogP contribution in [-0.4, -0.2) is 69.9 Å². The van der Waals surface area contributed by atoms with Crippen LogP contribution in [0.5, 0.6) is 5.75 Å². The standard InChI is InChI=1S/C18H29N3O4S/c1-3-4-5-12-21(15-18(22)20-13-10-19-11-14-20)26(23,24)17-8-6-16(25-2)7-9-17/h6-9,19H,3-5,10-15H2,1-2H3. The Labute approximate surface area is 156 Å². The second kappa shape index (κ2) is 9.89. The third-order valence-corrected chi connectivity index (χ3v) is 6.35. The van der Waals surface area contributed by atoms with Crippen molar-refractivity contribution in [1.82, 2.24) is 14.5 Å². The van der Waals surface area contributed by atoms with Gasteiger partial charge in [0.05, 0.1) is 18.6 Å². The highest BCUT2D eigenvalue weighted by Gasteiger charge is 2.28. The highest BCUT2D eigenvalue weighted by atomic mass is 32.2. The lowest BCUT2D eigenvalue weighted by molar-refractivity contribution is -0.131. The zero-order valence-electron chi connectivity index (χ0n) is 15.6. The van der Waals surface area contributed by atoms with Crippen molar-refractivity contribution in [3.63, 3.8) is 0 Å². The maximum atomic E-state index is 13.0. The third-order valence-electron chi connectivity index (χ3n) is 4.49. The largest absolute Gasteiger partial charge is 0.497 e. The lowest BCUT2D eigenvalue weighted by atomic mass is 10.2. The van der Waals surface area contributed by atoms with E-state index in [9.17, 15) is 13.2 Å². The summed E-state index contributed by atoms with van der Waals surface area (Å²) in [6.07, 6.45) is 2.65. The molecule has 1 aromatic rings. The second-order valence-electron chi connectivity index (χ2n) is 6.35. The van der Waals surface area contributed by atoms with E-state index < -0.39 is 10.0 Å². The molecule has 1 heterocycles. The van der Waals surface area contributed by atoms with Crippen molar-refractivity contribution in [3.8, 4) is 5.75 Å². The van der Waals surface area contributed by atoms with Crippen molar-refractivity contribution in [1.29, 1.82) is 0 Å². The van der Waals surface area contributed by atoms with Crippen LogP contribution in [0.3, 0.4) is 0 Å². The first kappa shape index (κ1) is 20.7. The number of ether oxygens (including phenoxy) is 1. The smallest absolute Gasteiger partial charge is 0.243 e. The van der Waals surface area contributed by atoms with Crippen LogP contribution in [0.15, 0.2) is 29.2 Å². The minimum Gasteiger partial charge on any atom is -0.497 e. The molecule has 1 fully saturated rings. The Morgan fingerprint density at radius 3 is 2.42 bits per heavy atom. The van der Waals surface area contributed by atoms with Crippen molar-refractivity contribution in [3.05, 3.63) is 24.3 Å². The van der Waals surface area contributed by atoms with Gasteiger partial charge in [0.15, 0.2) is 0 Å². The van der Waals surface area contributed by atoms with E-state index in [0.29, 0.717) is 25.4 Å². The molecule has 146 valence electrons. The van der Waals surface area contributed by atoms with Crippen molar-refractivity contribution in [2.24, 2.45) is 0 Å². The monoisotopic (exact) mass is 383 g/mol. The van der Waals surface area contributed by atoms with Gasteiger partial charge in [-0.25, -0.2) is 8.42 Å². The van der Waals surface area contributed by atoms with E-state index in [1.807, 2.05) is 0 Å². The van der Waals surface area contributed by atoms with Crippen molar-refractivity contribution in [2.45, 2.75) is 31.1 Å². The number of carbonyl (C=O) groups is 1. The van der Waals surface area contributed by atoms with Crippen LogP contribution in [0.25, 0.3) is 0 Å². The van der Waals surface area contributed by atoms with Gasteiger partial charge in [-0.2, -0.15) is 4.31 Å². The molecule has 1 aliphatic heterocycles. The van der Waals surface area contributed by atoms with Gasteiger partial charge in [0.2, 0.25) is 15.9 Å². The maximum absolute atomic E-state index is 13.0. The molecule has 26 heavy (non-hydrogen) atoms. The predicted octanol–water partition coefficient (Wildman–Crippen LogP) is 1.31. The molecule has 0 unspecified atom stereocenters. The predicted molar refractivity (Wildman–Crippen MR) is 101 cm³/mol. The van der Waals surface area contributed by atoms with Gasteiger partial charge in [-0.05, 0) is 30.7 Å². The summed E-state index contributed by atoms with van der Waals surface area (Å²) in [4.78, 5) is 14.5. The fourth-order valence-electron chi connectivity index (χ4n) is 2.88. The molecule has 0 aliphatic carbocycles. The number of amides is 1. The third kappa shape index (κ3) is 5.43. The number of piperazine rings is 1. The zero-order valence-corrected chi connectivity index (χ0v) is 16.4. The summed E-state index contributed by atoms with van der Waals surface area (Å²) >= 11 is 0. The Kier molecular flexibility index (Phi) is 7.86. The molecule has 0 aromatic heterocycles. The molecule has 1 N–H and O–H groups in total. The van der Waals surface area contributed by atoms with E-state index in [-0.39, 0.29) is 17.3 Å². The van der Waals surface area contributed by atoms with Crippen LogP contribution in [0.1, 0.15) is 26.2 Å². The number of rotatable bonds is 9. The second-order valence-corrected chi connectivity index (χ2v) is 8.29. The topological polar surface area (TPSA) is 79.0 Å². The van der Waals surface area contributed by atoms with Gasteiger partial charge in [0.1, 0.15) is 5.75 Å². The molecule has 0 atom stereocenters. The fraction of sp³-hybridized carbons (Fsp3) is 0.611. The van der Waals surface area contributed by atoms with Crippen molar-refractivity contribution < 1.29 is 17.9 Å². The number of carbonyl (C=O) groups excluding carboxylic acids is 1. The lowest BCUT2D eigenvalue weighted by Gasteiger charge is -2.30. The molecule has 0 spiro atoms. The Hall–Kier alpha value is -1.64. The summed E-state index contributed by atoms with van der Waals surface area (Å²) in [5.41, 5.74) is 0. The molecule has 1 saturated heterocycles. The molecule has 1 aliphatic rings. The van der Waals surface area contributed by atoms with Gasteiger partial charge in [-0.3, -0.25) is 4.79 Å². The molecule has 1 aromatic carbocycles. The summed E-state index contributed by atoms with van der Waals surface area (Å²) in [5, 5.41) is 3.19. The molecular weight excluding hydrogens is 354 g/mol. The summed E-state index contributed by atoms with van der Waals surface area (Å²) in [6.45, 7) is 5.01. The quantitative estimate of drug-likeness (QED) is 0.651. The Bertz CT molecular complexity index is 670. The van der Waals surface area contributed by atoms with Gasteiger partial charge < -0.3 is 15.0 Å². The number of methoxy groups -OCH3 is 1. The van der Waals surface area contributed by atoms with Crippen LogP contribution in [0.2, 0.25) is 0 Å². The molecule has 0 radical (unpaired) electrons. The van der Waals surface area contributed by atoms with E-state index in [4.69, 9.17) is 4.74 Å². The van der Waals surface area contributed by atoms with Crippen LogP contribution >= 0.6 is 0 Å². The lowest BCUT2D eigenvalue weighted by Crippen LogP contribution is -2.50. The van der Waals surface area contributed by atoms with Gasteiger partial charge in [-0.1, -0.05) is 19.8 Å². The number of nitrogens with one attached hydrogen (secondary N) is 1. The van der Waals surface area contributed by atoms with Gasteiger partial charge in [-0.15, -0.1) is 0 Å². The first-order valence-corrected chi connectivity index (χ1v) is 10.6. The number of hydrogen-bond donors (Lipinski definition) is 1. The number of nitrogens with zero attached hydrogens (tertiary/aromatic N) is 2. The van der Waals surface area contributed by atoms with E-state index in [1.54, 1.807) is 17.0 Å². The Morgan fingerprint density at radius 2 is 1.85 bits per heavy atom. The number of benzene rings is 1. The average molecular weight is 384 g/mol. The Morgan fingerprint density at radius 1 is 1.19 bits per heavy atom. The van der Waals surface area contributed by atoms with Crippen LogP contribution in [0.4, 0.5) is 0 Å². The number of unbranched alkanes of at least 4 members (excludes halogenated alkanes) is 2. The molecule has 2 rings (SSSR count). The van der Waals surface area contributed by atoms with Crippen LogP contribution in [-0.2, 0) is 14.8 Å². The zero-order chi connectivity index (χ0) is 19.0. The molecular formula is C18H29N3O4S. The first-order valence-electron chi connectivity index (χ1n) is 9.11. The minimum atomic E-state index is -3.73. The van der Waals surface area contributed by atoms with Crippen molar-refractivity contribution >= 4 is 15.9 Å². The summed E-state index contributed by atoms with van der Waals surface area (Å²) in [5.74, 6) is 0.457. The van der Waals surface area contributed by atoms with E-state index in [0.717, 1.165) is 32.4 Å². The molecule has 8 heteroatoms. The highest BCUT2D eigenvalue weighted by Crippen LogP contribution is 2.20. The molecule has 0 saturated carbocycles. The number of hydrogen-bond acceptors (Lipinski definition) is 5. The molecule has 1 amide bonds.